The molecule has 0 saturated heterocycles. The fourth-order valence-electron chi connectivity index (χ4n) is 4.58. The number of amides is 2. The molecule has 0 aromatic heterocycles. The molecule has 2 amide bonds. The number of halogens is 1. The standard InChI is InChI=1S/C31H38ClN3O7S/c1-7-25(31(37)33-8-2)34(19-22-11-9-21(3)10-12-22)30(36)20-35(26-17-23(32)13-15-27(26)40-4)43(38,39)24-14-16-28(41-5)29(18-24)42-6/h9-18,25H,7-8,19-20H2,1-6H3,(H,33,37)/t25-/m1/s1. The van der Waals surface area contributed by atoms with Crippen molar-refractivity contribution < 1.29 is 32.2 Å². The Morgan fingerprint density at radius 2 is 1.51 bits per heavy atom. The molecule has 3 aromatic carbocycles. The van der Waals surface area contributed by atoms with Crippen LogP contribution in [0.4, 0.5) is 5.69 Å². The summed E-state index contributed by atoms with van der Waals surface area (Å²) in [7, 11) is -0.196. The van der Waals surface area contributed by atoms with Crippen molar-refractivity contribution >= 4 is 39.1 Å². The van der Waals surface area contributed by atoms with Crippen LogP contribution < -0.4 is 23.8 Å². The second kappa shape index (κ2) is 15.0. The molecule has 1 atom stereocenters. The predicted molar refractivity (Wildman–Crippen MR) is 167 cm³/mol. The molecule has 0 aliphatic rings. The Morgan fingerprint density at radius 1 is 0.884 bits per heavy atom. The number of ether oxygens (including phenoxy) is 3. The Morgan fingerprint density at radius 3 is 2.09 bits per heavy atom. The lowest BCUT2D eigenvalue weighted by atomic mass is 10.1. The lowest BCUT2D eigenvalue weighted by molar-refractivity contribution is -0.140. The Hall–Kier alpha value is -3.96. The minimum absolute atomic E-state index is 0.0551. The number of anilines is 1. The number of nitrogens with zero attached hydrogens (tertiary/aromatic N) is 2. The van der Waals surface area contributed by atoms with E-state index in [9.17, 15) is 18.0 Å². The number of likely N-dealkylation sites (N-methyl/N-ethyl adjacent to an activating group) is 1. The van der Waals surface area contributed by atoms with E-state index in [4.69, 9.17) is 25.8 Å². The van der Waals surface area contributed by atoms with Gasteiger partial charge >= 0.3 is 0 Å². The molecule has 232 valence electrons. The number of rotatable bonds is 14. The normalized spacial score (nSPS) is 11.8. The van der Waals surface area contributed by atoms with Gasteiger partial charge in [0.25, 0.3) is 10.0 Å². The first-order chi connectivity index (χ1) is 20.5. The average molecular weight is 632 g/mol. The van der Waals surface area contributed by atoms with Crippen molar-refractivity contribution in [2.45, 2.75) is 44.7 Å². The zero-order valence-electron chi connectivity index (χ0n) is 25.2. The molecule has 1 N–H and O–H groups in total. The van der Waals surface area contributed by atoms with Gasteiger partial charge in [-0.1, -0.05) is 48.4 Å². The zero-order chi connectivity index (χ0) is 31.7. The van der Waals surface area contributed by atoms with Gasteiger partial charge in [-0.05, 0) is 56.2 Å². The van der Waals surface area contributed by atoms with Crippen molar-refractivity contribution in [3.63, 3.8) is 0 Å². The molecule has 0 heterocycles. The molecule has 0 bridgehead atoms. The summed E-state index contributed by atoms with van der Waals surface area (Å²) in [6, 6.07) is 15.4. The number of carbonyl (C=O) groups is 2. The SMILES string of the molecule is CCNC(=O)[C@@H](CC)N(Cc1ccc(C)cc1)C(=O)CN(c1cc(Cl)ccc1OC)S(=O)(=O)c1ccc(OC)c(OC)c1. The highest BCUT2D eigenvalue weighted by Crippen LogP contribution is 2.37. The van der Waals surface area contributed by atoms with Crippen molar-refractivity contribution in [1.29, 1.82) is 0 Å². The molecule has 0 unspecified atom stereocenters. The second-order valence-electron chi connectivity index (χ2n) is 9.67. The zero-order valence-corrected chi connectivity index (χ0v) is 26.8. The van der Waals surface area contributed by atoms with Crippen LogP contribution in [0.3, 0.4) is 0 Å². The highest BCUT2D eigenvalue weighted by molar-refractivity contribution is 7.92. The maximum Gasteiger partial charge on any atom is 0.265 e. The molecular formula is C31H38ClN3O7S. The topological polar surface area (TPSA) is 114 Å². The molecule has 3 aromatic rings. The minimum Gasteiger partial charge on any atom is -0.495 e. The van der Waals surface area contributed by atoms with Crippen molar-refractivity contribution in [3.05, 3.63) is 76.8 Å². The van der Waals surface area contributed by atoms with Crippen LogP contribution in [0.15, 0.2) is 65.6 Å². The van der Waals surface area contributed by atoms with Crippen molar-refractivity contribution in [1.82, 2.24) is 10.2 Å². The molecule has 0 radical (unpaired) electrons. The van der Waals surface area contributed by atoms with Gasteiger partial charge in [-0.15, -0.1) is 0 Å². The largest absolute Gasteiger partial charge is 0.495 e. The molecule has 0 fully saturated rings. The molecule has 3 rings (SSSR count). The number of benzene rings is 3. The van der Waals surface area contributed by atoms with Crippen LogP contribution >= 0.6 is 11.6 Å². The Kier molecular flexibility index (Phi) is 11.7. The van der Waals surface area contributed by atoms with E-state index in [1.54, 1.807) is 19.9 Å². The number of carbonyl (C=O) groups excluding carboxylic acids is 2. The number of aryl methyl sites for hydroxylation is 1. The van der Waals surface area contributed by atoms with E-state index < -0.39 is 28.5 Å². The fraction of sp³-hybridized carbons (Fsp3) is 0.355. The molecular weight excluding hydrogens is 594 g/mol. The summed E-state index contributed by atoms with van der Waals surface area (Å²) in [5.74, 6) is -0.218. The molecule has 10 nitrogen and oxygen atoms in total. The summed E-state index contributed by atoms with van der Waals surface area (Å²) in [4.78, 5) is 28.6. The maximum absolute atomic E-state index is 14.3. The van der Waals surface area contributed by atoms with Crippen LogP contribution in [0.1, 0.15) is 31.4 Å². The van der Waals surface area contributed by atoms with Gasteiger partial charge in [-0.3, -0.25) is 13.9 Å². The minimum atomic E-state index is -4.42. The number of methoxy groups -OCH3 is 3. The van der Waals surface area contributed by atoms with Crippen molar-refractivity contribution in [3.8, 4) is 17.2 Å². The second-order valence-corrected chi connectivity index (χ2v) is 12.0. The fourth-order valence-corrected chi connectivity index (χ4v) is 6.18. The van der Waals surface area contributed by atoms with Gasteiger partial charge in [0, 0.05) is 24.2 Å². The van der Waals surface area contributed by atoms with E-state index in [2.05, 4.69) is 5.32 Å². The first-order valence-electron chi connectivity index (χ1n) is 13.7. The molecule has 0 aliphatic carbocycles. The third kappa shape index (κ3) is 7.91. The molecule has 0 saturated carbocycles. The van der Waals surface area contributed by atoms with Crippen LogP contribution in [0.25, 0.3) is 0 Å². The van der Waals surface area contributed by atoms with Crippen molar-refractivity contribution in [2.24, 2.45) is 0 Å². The first kappa shape index (κ1) is 33.5. The third-order valence-electron chi connectivity index (χ3n) is 6.84. The Balaban J connectivity index is 2.17. The van der Waals surface area contributed by atoms with E-state index in [-0.39, 0.29) is 39.6 Å². The van der Waals surface area contributed by atoms with Gasteiger partial charge < -0.3 is 24.4 Å². The van der Waals surface area contributed by atoms with Crippen LogP contribution in [-0.4, -0.2) is 65.6 Å². The monoisotopic (exact) mass is 631 g/mol. The summed E-state index contributed by atoms with van der Waals surface area (Å²) in [6.45, 7) is 5.36. The summed E-state index contributed by atoms with van der Waals surface area (Å²) in [6.07, 6.45) is 0.312. The van der Waals surface area contributed by atoms with E-state index in [1.807, 2.05) is 31.2 Å². The highest BCUT2D eigenvalue weighted by Gasteiger charge is 2.35. The summed E-state index contributed by atoms with van der Waals surface area (Å²) >= 11 is 6.31. The quantitative estimate of drug-likeness (QED) is 0.271. The number of sulfonamides is 1. The number of hydrogen-bond donors (Lipinski definition) is 1. The lowest BCUT2D eigenvalue weighted by Gasteiger charge is -2.33. The smallest absolute Gasteiger partial charge is 0.265 e. The van der Waals surface area contributed by atoms with Gasteiger partial charge in [-0.2, -0.15) is 0 Å². The van der Waals surface area contributed by atoms with Gasteiger partial charge in [0.15, 0.2) is 11.5 Å². The summed E-state index contributed by atoms with van der Waals surface area (Å²) < 4.78 is 45.6. The Labute approximate surface area is 258 Å². The molecule has 0 aliphatic heterocycles. The average Bonchev–Trinajstić information content (AvgIpc) is 3.00. The Bertz CT molecular complexity index is 1530. The van der Waals surface area contributed by atoms with E-state index >= 15 is 0 Å². The van der Waals surface area contributed by atoms with Gasteiger partial charge in [0.05, 0.1) is 31.9 Å². The highest BCUT2D eigenvalue weighted by atomic mass is 35.5. The number of nitrogens with one attached hydrogen (secondary N) is 1. The molecule has 12 heteroatoms. The number of hydrogen-bond acceptors (Lipinski definition) is 7. The predicted octanol–water partition coefficient (Wildman–Crippen LogP) is 4.81. The summed E-state index contributed by atoms with van der Waals surface area (Å²) in [5.41, 5.74) is 1.88. The van der Waals surface area contributed by atoms with Gasteiger partial charge in [-0.25, -0.2) is 8.42 Å². The summed E-state index contributed by atoms with van der Waals surface area (Å²) in [5, 5.41) is 3.03. The van der Waals surface area contributed by atoms with E-state index in [0.717, 1.165) is 15.4 Å². The van der Waals surface area contributed by atoms with Crippen LogP contribution in [-0.2, 0) is 26.2 Å². The van der Waals surface area contributed by atoms with Crippen molar-refractivity contribution in [2.75, 3.05) is 38.7 Å². The van der Waals surface area contributed by atoms with Crippen LogP contribution in [0.2, 0.25) is 5.02 Å². The molecule has 0 spiro atoms. The van der Waals surface area contributed by atoms with E-state index in [1.165, 1.54) is 56.6 Å². The van der Waals surface area contributed by atoms with Crippen LogP contribution in [0, 0.1) is 6.92 Å². The maximum atomic E-state index is 14.3. The van der Waals surface area contributed by atoms with Gasteiger partial charge in [0.1, 0.15) is 18.3 Å². The van der Waals surface area contributed by atoms with E-state index in [0.29, 0.717) is 18.7 Å². The van der Waals surface area contributed by atoms with Crippen LogP contribution in [0.5, 0.6) is 17.2 Å². The molecule has 43 heavy (non-hydrogen) atoms. The first-order valence-corrected chi connectivity index (χ1v) is 15.5. The van der Waals surface area contributed by atoms with Gasteiger partial charge in [0.2, 0.25) is 11.8 Å². The third-order valence-corrected chi connectivity index (χ3v) is 8.83. The lowest BCUT2D eigenvalue weighted by Crippen LogP contribution is -2.52.